The summed E-state index contributed by atoms with van der Waals surface area (Å²) in [6.45, 7) is 4.58. The lowest BCUT2D eigenvalue weighted by molar-refractivity contribution is 0.767. The van der Waals surface area contributed by atoms with E-state index in [9.17, 15) is 0 Å². The van der Waals surface area contributed by atoms with Crippen molar-refractivity contribution in [1.29, 1.82) is 0 Å². The van der Waals surface area contributed by atoms with Gasteiger partial charge in [0.2, 0.25) is 0 Å². The Morgan fingerprint density at radius 2 is 0.952 bits per heavy atom. The number of aromatic nitrogens is 1. The number of hydrogen-bond donors (Lipinski definition) is 0. The fraction of sp³-hybridized carbons (Fsp3) is 0.0164. The molecule has 1 aliphatic carbocycles. The highest BCUT2D eigenvalue weighted by atomic mass is 15.0. The quantitative estimate of drug-likeness (QED) is 0.152. The van der Waals surface area contributed by atoms with E-state index in [4.69, 9.17) is 0 Å². The van der Waals surface area contributed by atoms with E-state index in [1.165, 1.54) is 88.2 Å². The first-order chi connectivity index (χ1) is 30.7. The number of rotatable bonds is 7. The van der Waals surface area contributed by atoms with E-state index in [1.807, 2.05) is 0 Å². The number of para-hydroxylation sites is 1. The zero-order valence-electron chi connectivity index (χ0n) is 34.2. The third-order valence-corrected chi connectivity index (χ3v) is 13.2. The summed E-state index contributed by atoms with van der Waals surface area (Å²) < 4.78 is 2.46. The van der Waals surface area contributed by atoms with Crippen molar-refractivity contribution in [2.24, 2.45) is 0 Å². The third kappa shape index (κ3) is 5.49. The lowest BCUT2D eigenvalue weighted by Gasteiger charge is -2.34. The maximum absolute atomic E-state index is 4.58. The zero-order chi connectivity index (χ0) is 41.2. The van der Waals surface area contributed by atoms with Crippen LogP contribution >= 0.6 is 0 Å². The summed E-state index contributed by atoms with van der Waals surface area (Å²) in [5, 5.41) is 4.92. The summed E-state index contributed by atoms with van der Waals surface area (Å²) in [5.41, 5.74) is 18.8. The van der Waals surface area contributed by atoms with Gasteiger partial charge in [-0.25, -0.2) is 0 Å². The molecule has 11 aromatic rings. The van der Waals surface area contributed by atoms with Crippen LogP contribution in [0.4, 0.5) is 0 Å². The van der Waals surface area contributed by atoms with Gasteiger partial charge in [0.05, 0.1) is 16.4 Å². The molecule has 0 amide bonds. The number of hydrogen-bond acceptors (Lipinski definition) is 0. The molecule has 0 saturated carbocycles. The van der Waals surface area contributed by atoms with E-state index in [2.05, 4.69) is 248 Å². The second-order valence-electron chi connectivity index (χ2n) is 16.5. The fourth-order valence-corrected chi connectivity index (χ4v) is 10.4. The van der Waals surface area contributed by atoms with Crippen molar-refractivity contribution in [3.63, 3.8) is 0 Å². The molecule has 1 nitrogen and oxygen atoms in total. The summed E-state index contributed by atoms with van der Waals surface area (Å²) >= 11 is 0. The van der Waals surface area contributed by atoms with E-state index in [1.54, 1.807) is 0 Å². The SMILES string of the molecule is C=C(c1cccc(-c2cccc(-c3ccc4c(c3)c3ccccc3n4-c3ccc4c(c3)C(c3ccccc3)(c3ccccc3)c3ccccc3-4)c2)c1)c1cccc2ccccc12. The van der Waals surface area contributed by atoms with Crippen LogP contribution in [-0.2, 0) is 5.41 Å². The minimum Gasteiger partial charge on any atom is -0.309 e. The molecule has 0 fully saturated rings. The molecule has 0 spiro atoms. The van der Waals surface area contributed by atoms with Crippen molar-refractivity contribution >= 4 is 38.2 Å². The maximum atomic E-state index is 4.58. The first-order valence-electron chi connectivity index (χ1n) is 21.4. The standard InChI is InChI=1S/C61H41N/c1-41(51-30-16-18-42-17-8-9-27-52(42)51)43-19-14-20-44(37-43)45-21-15-22-46(38-45)47-33-36-60-56(39-47)55-29-11-13-32-59(55)62(60)50-34-35-54-53-28-10-12-31-57(53)61(58(54)40-50,48-23-4-2-5-24-48)49-25-6-3-7-26-49/h2-40H,1H2. The Kier molecular flexibility index (Phi) is 8.30. The lowest BCUT2D eigenvalue weighted by atomic mass is 9.67. The average Bonchev–Trinajstić information content (AvgIpc) is 3.84. The van der Waals surface area contributed by atoms with Gasteiger partial charge in [-0.2, -0.15) is 0 Å². The molecule has 12 rings (SSSR count). The van der Waals surface area contributed by atoms with E-state index in [0.29, 0.717) is 0 Å². The molecule has 0 N–H and O–H groups in total. The van der Waals surface area contributed by atoms with Crippen molar-refractivity contribution in [2.75, 3.05) is 0 Å². The molecule has 62 heavy (non-hydrogen) atoms. The predicted molar refractivity (Wildman–Crippen MR) is 261 cm³/mol. The van der Waals surface area contributed by atoms with Crippen LogP contribution in [0.15, 0.2) is 243 Å². The molecule has 0 atom stereocenters. The average molecular weight is 788 g/mol. The van der Waals surface area contributed by atoms with Crippen molar-refractivity contribution in [2.45, 2.75) is 5.41 Å². The smallest absolute Gasteiger partial charge is 0.0714 e. The Labute approximate surface area is 362 Å². The van der Waals surface area contributed by atoms with E-state index in [0.717, 1.165) is 22.4 Å². The third-order valence-electron chi connectivity index (χ3n) is 13.2. The van der Waals surface area contributed by atoms with Crippen molar-refractivity contribution in [3.8, 4) is 39.1 Å². The monoisotopic (exact) mass is 787 g/mol. The fourth-order valence-electron chi connectivity index (χ4n) is 10.4. The molecular formula is C61H41N. The summed E-state index contributed by atoms with van der Waals surface area (Å²) in [4.78, 5) is 0. The number of nitrogens with zero attached hydrogens (tertiary/aromatic N) is 1. The van der Waals surface area contributed by atoms with Gasteiger partial charge in [-0.3, -0.25) is 0 Å². The Morgan fingerprint density at radius 3 is 1.74 bits per heavy atom. The molecule has 0 unspecified atom stereocenters. The Balaban J connectivity index is 0.972. The second kappa shape index (κ2) is 14.3. The summed E-state index contributed by atoms with van der Waals surface area (Å²) in [6.07, 6.45) is 0. The van der Waals surface area contributed by atoms with E-state index in [-0.39, 0.29) is 0 Å². The van der Waals surface area contributed by atoms with Crippen LogP contribution in [0.2, 0.25) is 0 Å². The topological polar surface area (TPSA) is 4.93 Å². The lowest BCUT2D eigenvalue weighted by Crippen LogP contribution is -2.28. The van der Waals surface area contributed by atoms with Gasteiger partial charge < -0.3 is 4.57 Å². The molecular weight excluding hydrogens is 747 g/mol. The van der Waals surface area contributed by atoms with Crippen molar-refractivity contribution < 1.29 is 0 Å². The molecule has 0 bridgehead atoms. The number of fused-ring (bicyclic) bond motifs is 7. The van der Waals surface area contributed by atoms with Crippen molar-refractivity contribution in [1.82, 2.24) is 4.57 Å². The molecule has 1 aromatic heterocycles. The van der Waals surface area contributed by atoms with Crippen LogP contribution in [0, 0.1) is 0 Å². The van der Waals surface area contributed by atoms with Gasteiger partial charge in [-0.05, 0) is 126 Å². The van der Waals surface area contributed by atoms with Gasteiger partial charge in [-0.15, -0.1) is 0 Å². The minimum absolute atomic E-state index is 0.468. The first-order valence-corrected chi connectivity index (χ1v) is 21.4. The van der Waals surface area contributed by atoms with Crippen LogP contribution < -0.4 is 0 Å². The van der Waals surface area contributed by atoms with E-state index >= 15 is 0 Å². The molecule has 0 radical (unpaired) electrons. The Morgan fingerprint density at radius 1 is 0.371 bits per heavy atom. The number of benzene rings is 10. The normalized spacial score (nSPS) is 12.7. The van der Waals surface area contributed by atoms with Crippen LogP contribution in [0.5, 0.6) is 0 Å². The highest BCUT2D eigenvalue weighted by molar-refractivity contribution is 6.10. The zero-order valence-corrected chi connectivity index (χ0v) is 34.2. The predicted octanol–water partition coefficient (Wildman–Crippen LogP) is 15.7. The van der Waals surface area contributed by atoms with Gasteiger partial charge in [0.25, 0.3) is 0 Å². The van der Waals surface area contributed by atoms with Gasteiger partial charge in [-0.1, -0.05) is 201 Å². The molecule has 0 saturated heterocycles. The molecule has 1 aliphatic rings. The largest absolute Gasteiger partial charge is 0.309 e. The Hall–Kier alpha value is -8.00. The minimum atomic E-state index is -0.468. The van der Waals surface area contributed by atoms with Crippen LogP contribution in [0.3, 0.4) is 0 Å². The van der Waals surface area contributed by atoms with Gasteiger partial charge in [0.1, 0.15) is 0 Å². The molecule has 1 heteroatoms. The van der Waals surface area contributed by atoms with Crippen LogP contribution in [0.25, 0.3) is 77.2 Å². The van der Waals surface area contributed by atoms with Crippen molar-refractivity contribution in [3.05, 3.63) is 277 Å². The first kappa shape index (κ1) is 35.9. The van der Waals surface area contributed by atoms with Gasteiger partial charge >= 0.3 is 0 Å². The van der Waals surface area contributed by atoms with Gasteiger partial charge in [0, 0.05) is 16.5 Å². The molecule has 290 valence electrons. The molecule has 0 aliphatic heterocycles. The summed E-state index contributed by atoms with van der Waals surface area (Å²) in [5.74, 6) is 0. The summed E-state index contributed by atoms with van der Waals surface area (Å²) in [6, 6.07) is 86.8. The van der Waals surface area contributed by atoms with Crippen LogP contribution in [0.1, 0.15) is 33.4 Å². The van der Waals surface area contributed by atoms with Crippen LogP contribution in [-0.4, -0.2) is 4.57 Å². The molecule has 10 aromatic carbocycles. The maximum Gasteiger partial charge on any atom is 0.0714 e. The highest BCUT2D eigenvalue weighted by Gasteiger charge is 2.46. The Bertz CT molecular complexity index is 3490. The second-order valence-corrected chi connectivity index (χ2v) is 16.5. The molecule has 1 heterocycles. The highest BCUT2D eigenvalue weighted by Crippen LogP contribution is 2.56. The summed E-state index contributed by atoms with van der Waals surface area (Å²) in [7, 11) is 0. The van der Waals surface area contributed by atoms with E-state index < -0.39 is 5.41 Å². The van der Waals surface area contributed by atoms with Gasteiger partial charge in [0.15, 0.2) is 0 Å².